The van der Waals surface area contributed by atoms with Crippen molar-refractivity contribution in [3.05, 3.63) is 0 Å². The van der Waals surface area contributed by atoms with Gasteiger partial charge in [0.15, 0.2) is 0 Å². The summed E-state index contributed by atoms with van der Waals surface area (Å²) in [6.07, 6.45) is 0. The van der Waals surface area contributed by atoms with Gasteiger partial charge in [0.05, 0.1) is 0 Å². The topological polar surface area (TPSA) is 190 Å². The van der Waals surface area contributed by atoms with Gasteiger partial charge in [-0.2, -0.15) is 0 Å². The van der Waals surface area contributed by atoms with Gasteiger partial charge >= 0.3 is 23.3 Å². The van der Waals surface area contributed by atoms with Gasteiger partial charge in [0.1, 0.15) is 5.12 Å². The molecule has 0 bridgehead atoms. The quantitative estimate of drug-likeness (QED) is 0.249. The van der Waals surface area contributed by atoms with E-state index in [0.717, 1.165) is 0 Å². The average molecular weight is 331 g/mol. The monoisotopic (exact) mass is 330 g/mol. The van der Waals surface area contributed by atoms with Gasteiger partial charge in [0.25, 0.3) is 0 Å². The Bertz CT molecular complexity index is 138. The third-order valence-corrected chi connectivity index (χ3v) is 0.683. The number of carbonyl (C=O) groups excluding carboxylic acids is 1. The Morgan fingerprint density at radius 2 is 1.06 bits per heavy atom. The van der Waals surface area contributed by atoms with Crippen LogP contribution in [-0.4, -0.2) is 47.8 Å². The maximum absolute atomic E-state index is 9.36. The summed E-state index contributed by atoms with van der Waals surface area (Å²) in [5.74, 6) is -1.56. The molecule has 106 valence electrons. The Hall–Kier alpha value is -0.0175. The molecule has 0 unspecified atom stereocenters. The van der Waals surface area contributed by atoms with Gasteiger partial charge in [-0.3, -0.25) is 0 Å². The molecule has 0 aliphatic rings. The molecular formula is C6H19ClCrN4O4S. The predicted molar refractivity (Wildman–Crippen MR) is 59.8 cm³/mol. The van der Waals surface area contributed by atoms with Crippen LogP contribution in [0.3, 0.4) is 0 Å². The summed E-state index contributed by atoms with van der Waals surface area (Å²) in [5, 5.41) is 6.30. The Balaban J connectivity index is -0.0000000252. The van der Waals surface area contributed by atoms with Gasteiger partial charge in [-0.25, -0.2) is 4.79 Å². The van der Waals surface area contributed by atoms with Crippen molar-refractivity contribution in [2.24, 2.45) is 22.9 Å². The number of hydrogen-bond acceptors (Lipinski definition) is 7. The van der Waals surface area contributed by atoms with E-state index in [4.69, 9.17) is 28.0 Å². The van der Waals surface area contributed by atoms with Gasteiger partial charge < -0.3 is 63.3 Å². The molecule has 0 rings (SSSR count). The zero-order valence-corrected chi connectivity index (χ0v) is 11.9. The van der Waals surface area contributed by atoms with Gasteiger partial charge in [0.2, 0.25) is 0 Å². The SMILES string of the molecule is NCCN.NCCN.O.O=C(O)C(=O)[S-].[Cl-].[Cr+2]. The summed E-state index contributed by atoms with van der Waals surface area (Å²) in [6, 6.07) is 0. The van der Waals surface area contributed by atoms with Crippen LogP contribution < -0.4 is 35.3 Å². The molecule has 0 aromatic heterocycles. The van der Waals surface area contributed by atoms with E-state index in [9.17, 15) is 9.59 Å². The van der Waals surface area contributed by atoms with Gasteiger partial charge in [-0.15, -0.1) is 0 Å². The minimum Gasteiger partial charge on any atom is -1.00 e. The molecule has 0 heterocycles. The standard InChI is InChI=1S/2C2H8N2.C2H2O3S.ClH.Cr.H2O/c2*3-1-2-4;3-1(4)2(5)6;;;/h2*1-4H2;(H,3,4)(H,5,6);1H;;1H2/q;;;;+2;/p-2. The summed E-state index contributed by atoms with van der Waals surface area (Å²) in [5.41, 5.74) is 19.6. The van der Waals surface area contributed by atoms with Crippen molar-refractivity contribution >= 4 is 23.7 Å². The van der Waals surface area contributed by atoms with Crippen molar-refractivity contribution in [3.63, 3.8) is 0 Å². The third kappa shape index (κ3) is 87.3. The minimum absolute atomic E-state index is 0. The number of nitrogens with two attached hydrogens (primary N) is 4. The first-order valence-electron chi connectivity index (χ1n) is 3.72. The largest absolute Gasteiger partial charge is 2.00 e. The van der Waals surface area contributed by atoms with Gasteiger partial charge in [-0.1, -0.05) is 0 Å². The summed E-state index contributed by atoms with van der Waals surface area (Å²) in [7, 11) is 0. The molecule has 0 fully saturated rings. The smallest absolute Gasteiger partial charge is 1.00 e. The van der Waals surface area contributed by atoms with E-state index in [1.165, 1.54) is 0 Å². The Labute approximate surface area is 123 Å². The predicted octanol–water partition coefficient (Wildman–Crippen LogP) is -6.87. The Morgan fingerprint density at radius 3 is 1.06 bits per heavy atom. The molecule has 0 aromatic carbocycles. The Kier molecular flexibility index (Phi) is 76.2. The Morgan fingerprint density at radius 1 is 0.941 bits per heavy atom. The first-order chi connectivity index (χ1) is 6.47. The van der Waals surface area contributed by atoms with E-state index in [2.05, 4.69) is 12.6 Å². The van der Waals surface area contributed by atoms with Crippen LogP contribution in [0, 0.1) is 0 Å². The number of rotatable bonds is 3. The van der Waals surface area contributed by atoms with E-state index in [1.54, 1.807) is 0 Å². The number of carbonyl (C=O) groups is 2. The molecule has 0 saturated heterocycles. The van der Waals surface area contributed by atoms with Crippen molar-refractivity contribution in [3.8, 4) is 0 Å². The third-order valence-electron chi connectivity index (χ3n) is 0.508. The zero-order valence-electron chi connectivity index (χ0n) is 9.10. The molecular weight excluding hydrogens is 312 g/mol. The summed E-state index contributed by atoms with van der Waals surface area (Å²) < 4.78 is 0. The van der Waals surface area contributed by atoms with Crippen molar-refractivity contribution < 1.29 is 49.9 Å². The van der Waals surface area contributed by atoms with Crippen LogP contribution in [0.2, 0.25) is 0 Å². The normalized spacial score (nSPS) is 6.12. The molecule has 11 heteroatoms. The fraction of sp³-hybridized carbons (Fsp3) is 0.667. The van der Waals surface area contributed by atoms with E-state index in [1.807, 2.05) is 0 Å². The average Bonchev–Trinajstić information content (AvgIpc) is 2.18. The van der Waals surface area contributed by atoms with Crippen LogP contribution in [0.1, 0.15) is 0 Å². The van der Waals surface area contributed by atoms with E-state index < -0.39 is 11.1 Å². The van der Waals surface area contributed by atoms with E-state index in [0.29, 0.717) is 26.2 Å². The van der Waals surface area contributed by atoms with E-state index >= 15 is 0 Å². The molecule has 8 nitrogen and oxygen atoms in total. The van der Waals surface area contributed by atoms with Crippen LogP contribution >= 0.6 is 0 Å². The molecule has 0 aromatic rings. The van der Waals surface area contributed by atoms with Crippen LogP contribution in [0.5, 0.6) is 0 Å². The van der Waals surface area contributed by atoms with Crippen LogP contribution in [0.25, 0.3) is 0 Å². The van der Waals surface area contributed by atoms with Crippen LogP contribution in [0.15, 0.2) is 0 Å². The zero-order chi connectivity index (χ0) is 12.0. The van der Waals surface area contributed by atoms with Crippen molar-refractivity contribution in [1.29, 1.82) is 0 Å². The molecule has 0 aliphatic carbocycles. The molecule has 17 heavy (non-hydrogen) atoms. The number of hydrogen-bond donors (Lipinski definition) is 5. The van der Waals surface area contributed by atoms with Crippen LogP contribution in [-0.2, 0) is 39.6 Å². The summed E-state index contributed by atoms with van der Waals surface area (Å²) in [6.45, 7) is 2.39. The second-order valence-corrected chi connectivity index (χ2v) is 2.12. The van der Waals surface area contributed by atoms with E-state index in [-0.39, 0.29) is 35.2 Å². The fourth-order valence-electron chi connectivity index (χ4n) is 0. The molecule has 0 aliphatic heterocycles. The van der Waals surface area contributed by atoms with Gasteiger partial charge in [-0.05, 0) is 0 Å². The number of halogens is 1. The number of carboxylic acids is 1. The van der Waals surface area contributed by atoms with Crippen molar-refractivity contribution in [1.82, 2.24) is 0 Å². The molecule has 0 radical (unpaired) electrons. The maximum Gasteiger partial charge on any atom is 2.00 e. The van der Waals surface area contributed by atoms with Gasteiger partial charge in [0, 0.05) is 26.2 Å². The second kappa shape index (κ2) is 36.0. The molecule has 11 N–H and O–H groups in total. The van der Waals surface area contributed by atoms with Crippen molar-refractivity contribution in [2.45, 2.75) is 0 Å². The van der Waals surface area contributed by atoms with Crippen LogP contribution in [0.4, 0.5) is 0 Å². The molecule has 0 atom stereocenters. The fourth-order valence-corrected chi connectivity index (χ4v) is 0. The molecule has 0 saturated carbocycles. The summed E-state index contributed by atoms with van der Waals surface area (Å²) in [4.78, 5) is 18.6. The minimum atomic E-state index is -1.56. The van der Waals surface area contributed by atoms with Crippen molar-refractivity contribution in [2.75, 3.05) is 26.2 Å². The summed E-state index contributed by atoms with van der Waals surface area (Å²) >= 11 is 3.66. The first-order valence-corrected chi connectivity index (χ1v) is 4.13. The molecule has 0 amide bonds. The number of aliphatic carboxylic acids is 1. The maximum atomic E-state index is 9.36. The molecule has 0 spiro atoms. The second-order valence-electron chi connectivity index (χ2n) is 1.75. The number of carboxylic acid groups (broad SMARTS) is 1. The first kappa shape index (κ1) is 36.0.